The van der Waals surface area contributed by atoms with E-state index in [-0.39, 0.29) is 18.0 Å². The zero-order valence-electron chi connectivity index (χ0n) is 10.3. The predicted octanol–water partition coefficient (Wildman–Crippen LogP) is 3.05. The summed E-state index contributed by atoms with van der Waals surface area (Å²) < 4.78 is 13.4. The van der Waals surface area contributed by atoms with Crippen molar-refractivity contribution in [2.45, 2.75) is 13.5 Å². The van der Waals surface area contributed by atoms with Gasteiger partial charge in [-0.3, -0.25) is 10.1 Å². The van der Waals surface area contributed by atoms with Crippen molar-refractivity contribution in [1.82, 2.24) is 4.98 Å². The minimum Gasteiger partial charge on any atom is -0.366 e. The summed E-state index contributed by atoms with van der Waals surface area (Å²) in [4.78, 5) is 14.1. The highest BCUT2D eigenvalue weighted by molar-refractivity contribution is 5.47. The van der Waals surface area contributed by atoms with Gasteiger partial charge in [-0.15, -0.1) is 0 Å². The van der Waals surface area contributed by atoms with Gasteiger partial charge < -0.3 is 5.32 Å². The molecule has 0 spiro atoms. The molecule has 1 N–H and O–H groups in total. The van der Waals surface area contributed by atoms with Crippen LogP contribution < -0.4 is 5.32 Å². The highest BCUT2D eigenvalue weighted by Gasteiger charge is 2.11. The Morgan fingerprint density at radius 2 is 2.16 bits per heavy atom. The van der Waals surface area contributed by atoms with Gasteiger partial charge in [0.2, 0.25) is 0 Å². The number of benzene rings is 1. The molecule has 0 aliphatic rings. The summed E-state index contributed by atoms with van der Waals surface area (Å²) in [5.41, 5.74) is 0.993. The molecule has 0 aliphatic carbocycles. The first-order valence-corrected chi connectivity index (χ1v) is 5.66. The van der Waals surface area contributed by atoms with Crippen LogP contribution >= 0.6 is 0 Å². The second-order valence-electron chi connectivity index (χ2n) is 4.06. The standard InChI is InChI=1S/C13H12FN3O2/c1-9-6-13(16-8-12(9)17(18)19)15-7-10-4-2-3-5-11(10)14/h2-6,8H,7H2,1H3,(H,15,16). The maximum absolute atomic E-state index is 13.4. The monoisotopic (exact) mass is 261 g/mol. The molecule has 5 nitrogen and oxygen atoms in total. The molecule has 6 heteroatoms. The number of nitrogens with one attached hydrogen (secondary N) is 1. The van der Waals surface area contributed by atoms with Crippen molar-refractivity contribution >= 4 is 11.5 Å². The van der Waals surface area contributed by atoms with E-state index >= 15 is 0 Å². The summed E-state index contributed by atoms with van der Waals surface area (Å²) in [5, 5.41) is 13.6. The summed E-state index contributed by atoms with van der Waals surface area (Å²) in [6.45, 7) is 1.91. The van der Waals surface area contributed by atoms with Gasteiger partial charge in [0, 0.05) is 17.7 Å². The minimum absolute atomic E-state index is 0.0311. The fourth-order valence-corrected chi connectivity index (χ4v) is 1.66. The number of nitro groups is 1. The highest BCUT2D eigenvalue weighted by Crippen LogP contribution is 2.19. The van der Waals surface area contributed by atoms with E-state index in [1.54, 1.807) is 31.2 Å². The quantitative estimate of drug-likeness (QED) is 0.678. The lowest BCUT2D eigenvalue weighted by molar-refractivity contribution is -0.385. The summed E-state index contributed by atoms with van der Waals surface area (Å²) in [6.07, 6.45) is 1.19. The van der Waals surface area contributed by atoms with E-state index in [4.69, 9.17) is 0 Å². The molecular weight excluding hydrogens is 249 g/mol. The van der Waals surface area contributed by atoms with Crippen molar-refractivity contribution in [1.29, 1.82) is 0 Å². The van der Waals surface area contributed by atoms with Gasteiger partial charge in [0.1, 0.15) is 17.8 Å². The Morgan fingerprint density at radius 3 is 2.79 bits per heavy atom. The molecule has 1 heterocycles. The molecule has 1 aromatic heterocycles. The van der Waals surface area contributed by atoms with Crippen LogP contribution in [0.1, 0.15) is 11.1 Å². The smallest absolute Gasteiger partial charge is 0.290 e. The molecule has 0 radical (unpaired) electrons. The molecule has 2 aromatic rings. The molecule has 0 atom stereocenters. The second-order valence-corrected chi connectivity index (χ2v) is 4.06. The Morgan fingerprint density at radius 1 is 1.42 bits per heavy atom. The maximum Gasteiger partial charge on any atom is 0.290 e. The zero-order chi connectivity index (χ0) is 13.8. The van der Waals surface area contributed by atoms with Crippen LogP contribution in [0.4, 0.5) is 15.9 Å². The third-order valence-electron chi connectivity index (χ3n) is 2.70. The lowest BCUT2D eigenvalue weighted by Gasteiger charge is -2.07. The number of anilines is 1. The lowest BCUT2D eigenvalue weighted by Crippen LogP contribution is -2.04. The lowest BCUT2D eigenvalue weighted by atomic mass is 10.2. The van der Waals surface area contributed by atoms with Crippen LogP contribution in [0.15, 0.2) is 36.5 Å². The van der Waals surface area contributed by atoms with E-state index in [2.05, 4.69) is 10.3 Å². The topological polar surface area (TPSA) is 68.1 Å². The first-order valence-electron chi connectivity index (χ1n) is 5.66. The minimum atomic E-state index is -0.483. The van der Waals surface area contributed by atoms with Gasteiger partial charge in [0.05, 0.1) is 4.92 Å². The normalized spacial score (nSPS) is 10.2. The number of rotatable bonds is 4. The molecule has 0 fully saturated rings. The van der Waals surface area contributed by atoms with Crippen molar-refractivity contribution in [3.63, 3.8) is 0 Å². The number of aromatic nitrogens is 1. The molecular formula is C13H12FN3O2. The fourth-order valence-electron chi connectivity index (χ4n) is 1.66. The molecule has 0 amide bonds. The van der Waals surface area contributed by atoms with Crippen LogP contribution in [0.25, 0.3) is 0 Å². The Hall–Kier alpha value is -2.50. The summed E-state index contributed by atoms with van der Waals surface area (Å²) >= 11 is 0. The van der Waals surface area contributed by atoms with Crippen LogP contribution in [-0.2, 0) is 6.54 Å². The van der Waals surface area contributed by atoms with E-state index in [9.17, 15) is 14.5 Å². The van der Waals surface area contributed by atoms with Crippen LogP contribution in [0.2, 0.25) is 0 Å². The maximum atomic E-state index is 13.4. The molecule has 0 aliphatic heterocycles. The Kier molecular flexibility index (Phi) is 3.70. The average Bonchev–Trinajstić information content (AvgIpc) is 2.37. The molecule has 0 bridgehead atoms. The summed E-state index contributed by atoms with van der Waals surface area (Å²) in [6, 6.07) is 7.98. The largest absolute Gasteiger partial charge is 0.366 e. The van der Waals surface area contributed by atoms with Crippen LogP contribution in [0.5, 0.6) is 0 Å². The third-order valence-corrected chi connectivity index (χ3v) is 2.70. The van der Waals surface area contributed by atoms with Crippen LogP contribution in [-0.4, -0.2) is 9.91 Å². The molecule has 0 saturated heterocycles. The Bertz CT molecular complexity index is 617. The first kappa shape index (κ1) is 12.9. The molecule has 0 unspecified atom stereocenters. The third kappa shape index (κ3) is 3.04. The Labute approximate surface area is 109 Å². The van der Waals surface area contributed by atoms with Gasteiger partial charge in [0.25, 0.3) is 5.69 Å². The van der Waals surface area contributed by atoms with Crippen molar-refractivity contribution in [3.05, 3.63) is 63.6 Å². The van der Waals surface area contributed by atoms with Crippen LogP contribution in [0.3, 0.4) is 0 Å². The molecule has 98 valence electrons. The number of nitrogens with zero attached hydrogens (tertiary/aromatic N) is 2. The zero-order valence-corrected chi connectivity index (χ0v) is 10.3. The van der Waals surface area contributed by atoms with Crippen molar-refractivity contribution < 1.29 is 9.31 Å². The second kappa shape index (κ2) is 5.43. The van der Waals surface area contributed by atoms with Crippen LogP contribution in [0, 0.1) is 22.9 Å². The molecule has 0 saturated carbocycles. The number of aryl methyl sites for hydroxylation is 1. The molecule has 2 rings (SSSR count). The van der Waals surface area contributed by atoms with Crippen molar-refractivity contribution in [3.8, 4) is 0 Å². The van der Waals surface area contributed by atoms with E-state index in [1.807, 2.05) is 0 Å². The summed E-state index contributed by atoms with van der Waals surface area (Å²) in [5.74, 6) is 0.181. The van der Waals surface area contributed by atoms with E-state index in [0.717, 1.165) is 0 Å². The highest BCUT2D eigenvalue weighted by atomic mass is 19.1. The number of hydrogen-bond acceptors (Lipinski definition) is 4. The van der Waals surface area contributed by atoms with Gasteiger partial charge in [-0.2, -0.15) is 0 Å². The average molecular weight is 261 g/mol. The number of pyridine rings is 1. The SMILES string of the molecule is Cc1cc(NCc2ccccc2F)ncc1[N+](=O)[O-]. The van der Waals surface area contributed by atoms with Gasteiger partial charge in [-0.1, -0.05) is 18.2 Å². The number of halogens is 1. The number of hydrogen-bond donors (Lipinski definition) is 1. The van der Waals surface area contributed by atoms with Gasteiger partial charge in [0.15, 0.2) is 0 Å². The summed E-state index contributed by atoms with van der Waals surface area (Å²) in [7, 11) is 0. The van der Waals surface area contributed by atoms with Gasteiger partial charge >= 0.3 is 0 Å². The molecule has 19 heavy (non-hydrogen) atoms. The van der Waals surface area contributed by atoms with Gasteiger partial charge in [-0.05, 0) is 19.1 Å². The first-order chi connectivity index (χ1) is 9.08. The molecule has 1 aromatic carbocycles. The van der Waals surface area contributed by atoms with Crippen molar-refractivity contribution in [2.75, 3.05) is 5.32 Å². The van der Waals surface area contributed by atoms with Gasteiger partial charge in [-0.25, -0.2) is 9.37 Å². The predicted molar refractivity (Wildman–Crippen MR) is 69.4 cm³/mol. The fraction of sp³-hybridized carbons (Fsp3) is 0.154. The van der Waals surface area contributed by atoms with E-state index < -0.39 is 4.92 Å². The van der Waals surface area contributed by atoms with Crippen molar-refractivity contribution in [2.24, 2.45) is 0 Å². The Balaban J connectivity index is 2.11. The van der Waals surface area contributed by atoms with E-state index in [1.165, 1.54) is 12.3 Å². The van der Waals surface area contributed by atoms with E-state index in [0.29, 0.717) is 16.9 Å².